The van der Waals surface area contributed by atoms with Crippen molar-refractivity contribution in [2.24, 2.45) is 0 Å². The van der Waals surface area contributed by atoms with E-state index in [0.717, 1.165) is 12.8 Å². The standard InChI is InChI=1S/C20H23N3O5S/c1-28-18-13-19(24)23(15-5-3-2-4-6-15)14-17(18)20(25)21-9-11-22(12-10-21)29(26,27)16-7-8-16/h2-6,13-14,16H,7-12H2,1H3. The van der Waals surface area contributed by atoms with Gasteiger partial charge in [-0.25, -0.2) is 8.42 Å². The van der Waals surface area contributed by atoms with Crippen LogP contribution >= 0.6 is 0 Å². The van der Waals surface area contributed by atoms with Crippen molar-refractivity contribution >= 4 is 15.9 Å². The highest BCUT2D eigenvalue weighted by molar-refractivity contribution is 7.90. The third kappa shape index (κ3) is 3.79. The van der Waals surface area contributed by atoms with Crippen LogP contribution in [0.4, 0.5) is 0 Å². The van der Waals surface area contributed by atoms with Crippen LogP contribution in [0.2, 0.25) is 0 Å². The minimum absolute atomic E-state index is 0.209. The lowest BCUT2D eigenvalue weighted by Gasteiger charge is -2.34. The molecule has 8 nitrogen and oxygen atoms in total. The van der Waals surface area contributed by atoms with E-state index >= 15 is 0 Å². The van der Waals surface area contributed by atoms with Crippen LogP contribution in [0, 0.1) is 0 Å². The highest BCUT2D eigenvalue weighted by atomic mass is 32.2. The Balaban J connectivity index is 1.58. The number of nitrogens with zero attached hydrogens (tertiary/aromatic N) is 3. The molecule has 0 radical (unpaired) electrons. The molecule has 2 aromatic rings. The number of piperazine rings is 1. The number of hydrogen-bond acceptors (Lipinski definition) is 5. The number of carbonyl (C=O) groups excluding carboxylic acids is 1. The summed E-state index contributed by atoms with van der Waals surface area (Å²) >= 11 is 0. The number of aromatic nitrogens is 1. The highest BCUT2D eigenvalue weighted by Gasteiger charge is 2.41. The summed E-state index contributed by atoms with van der Waals surface area (Å²) in [6, 6.07) is 10.3. The molecule has 0 N–H and O–H groups in total. The van der Waals surface area contributed by atoms with Crippen LogP contribution in [0.3, 0.4) is 0 Å². The number of benzene rings is 1. The monoisotopic (exact) mass is 417 g/mol. The lowest BCUT2D eigenvalue weighted by Crippen LogP contribution is -2.51. The number of ether oxygens (including phenoxy) is 1. The van der Waals surface area contributed by atoms with Crippen LogP contribution in [-0.4, -0.2) is 66.6 Å². The minimum atomic E-state index is -3.24. The second-order valence-corrected chi connectivity index (χ2v) is 9.45. The van der Waals surface area contributed by atoms with Crippen LogP contribution in [0.5, 0.6) is 5.75 Å². The van der Waals surface area contributed by atoms with Crippen molar-refractivity contribution in [1.29, 1.82) is 0 Å². The number of carbonyl (C=O) groups is 1. The normalized spacial score (nSPS) is 17.9. The zero-order chi connectivity index (χ0) is 20.6. The predicted molar refractivity (Wildman–Crippen MR) is 108 cm³/mol. The van der Waals surface area contributed by atoms with E-state index < -0.39 is 10.0 Å². The Bertz CT molecular complexity index is 1070. The number of sulfonamides is 1. The average molecular weight is 417 g/mol. The maximum absolute atomic E-state index is 13.1. The molecule has 0 bridgehead atoms. The fourth-order valence-corrected chi connectivity index (χ4v) is 5.35. The molecule has 0 spiro atoms. The summed E-state index contributed by atoms with van der Waals surface area (Å²) in [6.07, 6.45) is 2.94. The largest absolute Gasteiger partial charge is 0.496 e. The van der Waals surface area contributed by atoms with Gasteiger partial charge >= 0.3 is 0 Å². The van der Waals surface area contributed by atoms with Gasteiger partial charge in [-0.3, -0.25) is 14.2 Å². The molecule has 1 saturated carbocycles. The van der Waals surface area contributed by atoms with Gasteiger partial charge in [-0.05, 0) is 25.0 Å². The molecule has 29 heavy (non-hydrogen) atoms. The van der Waals surface area contributed by atoms with Crippen molar-refractivity contribution in [2.75, 3.05) is 33.3 Å². The molecule has 1 aliphatic carbocycles. The van der Waals surface area contributed by atoms with E-state index in [1.54, 1.807) is 17.0 Å². The van der Waals surface area contributed by atoms with E-state index in [0.29, 0.717) is 18.8 Å². The van der Waals surface area contributed by atoms with Crippen LogP contribution < -0.4 is 10.3 Å². The maximum atomic E-state index is 13.1. The van der Waals surface area contributed by atoms with Crippen molar-refractivity contribution < 1.29 is 17.9 Å². The van der Waals surface area contributed by atoms with Gasteiger partial charge in [-0.1, -0.05) is 18.2 Å². The van der Waals surface area contributed by atoms with Gasteiger partial charge in [0.2, 0.25) is 10.0 Å². The Morgan fingerprint density at radius 2 is 1.72 bits per heavy atom. The predicted octanol–water partition coefficient (Wildman–Crippen LogP) is 1.10. The molecular weight excluding hydrogens is 394 g/mol. The number of amides is 1. The Hall–Kier alpha value is -2.65. The summed E-state index contributed by atoms with van der Waals surface area (Å²) < 4.78 is 33.0. The van der Waals surface area contributed by atoms with E-state index in [1.165, 1.54) is 28.2 Å². The van der Waals surface area contributed by atoms with E-state index in [1.807, 2.05) is 18.2 Å². The molecule has 1 amide bonds. The van der Waals surface area contributed by atoms with Gasteiger partial charge in [0.15, 0.2) is 0 Å². The van der Waals surface area contributed by atoms with Gasteiger partial charge in [0.05, 0.1) is 17.9 Å². The first-order valence-corrected chi connectivity index (χ1v) is 11.1. The molecule has 2 fully saturated rings. The molecule has 1 aromatic carbocycles. The Morgan fingerprint density at radius 1 is 1.07 bits per heavy atom. The van der Waals surface area contributed by atoms with E-state index in [-0.39, 0.29) is 41.1 Å². The molecular formula is C20H23N3O5S. The van der Waals surface area contributed by atoms with Crippen molar-refractivity contribution in [1.82, 2.24) is 13.8 Å². The van der Waals surface area contributed by atoms with Crippen LogP contribution in [0.15, 0.2) is 47.4 Å². The number of methoxy groups -OCH3 is 1. The first-order valence-electron chi connectivity index (χ1n) is 9.56. The fourth-order valence-electron chi connectivity index (χ4n) is 3.53. The molecule has 1 aliphatic heterocycles. The van der Waals surface area contributed by atoms with Gasteiger partial charge < -0.3 is 9.64 Å². The van der Waals surface area contributed by atoms with Crippen molar-refractivity contribution in [3.63, 3.8) is 0 Å². The van der Waals surface area contributed by atoms with E-state index in [9.17, 15) is 18.0 Å². The van der Waals surface area contributed by atoms with Crippen LogP contribution in [0.25, 0.3) is 5.69 Å². The summed E-state index contributed by atoms with van der Waals surface area (Å²) in [5.74, 6) is -0.0739. The molecule has 1 aromatic heterocycles. The second kappa shape index (κ2) is 7.64. The number of pyridine rings is 1. The Kier molecular flexibility index (Phi) is 5.18. The number of para-hydroxylation sites is 1. The van der Waals surface area contributed by atoms with E-state index in [2.05, 4.69) is 0 Å². The molecule has 2 aliphatic rings. The summed E-state index contributed by atoms with van der Waals surface area (Å²) in [5, 5.41) is -0.251. The quantitative estimate of drug-likeness (QED) is 0.727. The number of rotatable bonds is 5. The molecule has 154 valence electrons. The van der Waals surface area contributed by atoms with Gasteiger partial charge in [0.25, 0.3) is 11.5 Å². The fraction of sp³-hybridized carbons (Fsp3) is 0.400. The molecule has 0 atom stereocenters. The Labute approximate surface area is 169 Å². The first kappa shape index (κ1) is 19.7. The third-order valence-corrected chi connectivity index (χ3v) is 7.73. The van der Waals surface area contributed by atoms with Crippen molar-refractivity contribution in [2.45, 2.75) is 18.1 Å². The smallest absolute Gasteiger partial charge is 0.259 e. The third-order valence-electron chi connectivity index (χ3n) is 5.33. The maximum Gasteiger partial charge on any atom is 0.259 e. The molecule has 1 saturated heterocycles. The van der Waals surface area contributed by atoms with Crippen LogP contribution in [-0.2, 0) is 10.0 Å². The SMILES string of the molecule is COc1cc(=O)n(-c2ccccc2)cc1C(=O)N1CCN(S(=O)(=O)C2CC2)CC1. The highest BCUT2D eigenvalue weighted by Crippen LogP contribution is 2.31. The van der Waals surface area contributed by atoms with Crippen molar-refractivity contribution in [3.05, 3.63) is 58.5 Å². The van der Waals surface area contributed by atoms with Gasteiger partial charge in [0.1, 0.15) is 5.75 Å². The van der Waals surface area contributed by atoms with Crippen LogP contribution in [0.1, 0.15) is 23.2 Å². The molecule has 9 heteroatoms. The lowest BCUT2D eigenvalue weighted by molar-refractivity contribution is 0.0693. The van der Waals surface area contributed by atoms with Crippen molar-refractivity contribution in [3.8, 4) is 11.4 Å². The topological polar surface area (TPSA) is 88.9 Å². The van der Waals surface area contributed by atoms with Gasteiger partial charge in [0, 0.05) is 44.1 Å². The second-order valence-electron chi connectivity index (χ2n) is 7.23. The lowest BCUT2D eigenvalue weighted by atomic mass is 10.2. The summed E-state index contributed by atoms with van der Waals surface area (Å²) in [4.78, 5) is 27.2. The zero-order valence-electron chi connectivity index (χ0n) is 16.2. The van der Waals surface area contributed by atoms with Gasteiger partial charge in [-0.2, -0.15) is 4.31 Å². The molecule has 4 rings (SSSR count). The first-order chi connectivity index (χ1) is 13.9. The summed E-state index contributed by atoms with van der Waals surface area (Å²) in [5.41, 5.74) is 0.619. The summed E-state index contributed by atoms with van der Waals surface area (Å²) in [7, 11) is -1.82. The molecule has 2 heterocycles. The zero-order valence-corrected chi connectivity index (χ0v) is 17.0. The van der Waals surface area contributed by atoms with E-state index in [4.69, 9.17) is 4.74 Å². The average Bonchev–Trinajstić information content (AvgIpc) is 3.60. The minimum Gasteiger partial charge on any atom is -0.496 e. The van der Waals surface area contributed by atoms with Gasteiger partial charge in [-0.15, -0.1) is 0 Å². The Morgan fingerprint density at radius 3 is 2.31 bits per heavy atom. The summed E-state index contributed by atoms with van der Waals surface area (Å²) in [6.45, 7) is 1.17. The molecule has 0 unspecified atom stereocenters. The number of hydrogen-bond donors (Lipinski definition) is 0.